The first-order valence-corrected chi connectivity index (χ1v) is 1.78. The SMILES string of the molecule is [O]CCNC[O]. The molecule has 0 unspecified atom stereocenters. The Morgan fingerprint density at radius 1 is 1.33 bits per heavy atom. The molecule has 0 spiro atoms. The van der Waals surface area contributed by atoms with Gasteiger partial charge >= 0.3 is 0 Å². The van der Waals surface area contributed by atoms with E-state index < -0.39 is 0 Å². The number of hydrogen-bond acceptors (Lipinski definition) is 1. The van der Waals surface area contributed by atoms with E-state index >= 15 is 0 Å². The van der Waals surface area contributed by atoms with E-state index in [1.165, 1.54) is 0 Å². The molecule has 0 atom stereocenters. The van der Waals surface area contributed by atoms with Gasteiger partial charge in [-0.3, -0.25) is 5.32 Å². The highest BCUT2D eigenvalue weighted by Crippen LogP contribution is 1.50. The van der Waals surface area contributed by atoms with E-state index in [2.05, 4.69) is 5.32 Å². The summed E-state index contributed by atoms with van der Waals surface area (Å²) in [5.41, 5.74) is 0. The summed E-state index contributed by atoms with van der Waals surface area (Å²) in [4.78, 5) is 0. The van der Waals surface area contributed by atoms with Crippen LogP contribution in [0.15, 0.2) is 0 Å². The number of nitrogens with one attached hydrogen (secondary N) is 1. The molecule has 0 amide bonds. The Bertz CT molecular complexity index is 20.8. The van der Waals surface area contributed by atoms with Gasteiger partial charge in [0.2, 0.25) is 0 Å². The molecule has 3 nitrogen and oxygen atoms in total. The maximum atomic E-state index is 9.49. The van der Waals surface area contributed by atoms with Gasteiger partial charge in [-0.1, -0.05) is 0 Å². The summed E-state index contributed by atoms with van der Waals surface area (Å²) >= 11 is 0. The van der Waals surface area contributed by atoms with Crippen molar-refractivity contribution in [3.63, 3.8) is 0 Å². The third-order valence-corrected chi connectivity index (χ3v) is 0.381. The second kappa shape index (κ2) is 4.88. The van der Waals surface area contributed by atoms with Crippen LogP contribution in [-0.4, -0.2) is 19.9 Å². The molecule has 0 saturated heterocycles. The third kappa shape index (κ3) is 3.88. The third-order valence-electron chi connectivity index (χ3n) is 0.381. The lowest BCUT2D eigenvalue weighted by molar-refractivity contribution is 0.141. The van der Waals surface area contributed by atoms with Crippen LogP contribution in [0.25, 0.3) is 0 Å². The first-order valence-electron chi connectivity index (χ1n) is 1.78. The molecule has 36 valence electrons. The zero-order valence-corrected chi connectivity index (χ0v) is 3.44. The molecule has 2 radical (unpaired) electrons. The van der Waals surface area contributed by atoms with Gasteiger partial charge in [0.1, 0.15) is 6.73 Å². The highest BCUT2D eigenvalue weighted by molar-refractivity contribution is 4.30. The lowest BCUT2D eigenvalue weighted by Crippen LogP contribution is -2.17. The van der Waals surface area contributed by atoms with Crippen LogP contribution in [0, 0.1) is 0 Å². The van der Waals surface area contributed by atoms with Crippen molar-refractivity contribution >= 4 is 0 Å². The van der Waals surface area contributed by atoms with Gasteiger partial charge in [0.15, 0.2) is 0 Å². The van der Waals surface area contributed by atoms with E-state index in [1.54, 1.807) is 0 Å². The highest BCUT2D eigenvalue weighted by atomic mass is 16.3. The monoisotopic (exact) mass is 89.0 g/mol. The molecule has 0 aliphatic heterocycles. The zero-order valence-electron chi connectivity index (χ0n) is 3.44. The molecule has 0 aromatic heterocycles. The highest BCUT2D eigenvalue weighted by Gasteiger charge is 1.76. The summed E-state index contributed by atoms with van der Waals surface area (Å²) in [6.45, 7) is -0.256. The molecule has 0 rings (SSSR count). The van der Waals surface area contributed by atoms with Crippen LogP contribution >= 0.6 is 0 Å². The average molecular weight is 89.1 g/mol. The molecule has 0 fully saturated rings. The van der Waals surface area contributed by atoms with Crippen molar-refractivity contribution in [2.24, 2.45) is 0 Å². The summed E-state index contributed by atoms with van der Waals surface area (Å²) in [6, 6.07) is 0. The van der Waals surface area contributed by atoms with Gasteiger partial charge in [0, 0.05) is 6.54 Å². The summed E-state index contributed by atoms with van der Waals surface area (Å²) in [6.07, 6.45) is 0. The Morgan fingerprint density at radius 2 is 2.00 bits per heavy atom. The molecule has 0 aromatic rings. The molecular formula is C3H7NO2. The van der Waals surface area contributed by atoms with Crippen LogP contribution in [0.3, 0.4) is 0 Å². The van der Waals surface area contributed by atoms with E-state index in [9.17, 15) is 10.2 Å². The van der Waals surface area contributed by atoms with E-state index in [0.717, 1.165) is 0 Å². The normalized spacial score (nSPS) is 9.00. The van der Waals surface area contributed by atoms with E-state index in [4.69, 9.17) is 0 Å². The van der Waals surface area contributed by atoms with Crippen molar-refractivity contribution in [1.29, 1.82) is 0 Å². The molecule has 0 saturated carbocycles. The minimum Gasteiger partial charge on any atom is -0.290 e. The predicted molar refractivity (Wildman–Crippen MR) is 19.1 cm³/mol. The van der Waals surface area contributed by atoms with E-state index in [1.807, 2.05) is 0 Å². The van der Waals surface area contributed by atoms with Crippen LogP contribution in [0.4, 0.5) is 0 Å². The van der Waals surface area contributed by atoms with Gasteiger partial charge in [-0.05, 0) is 0 Å². The first kappa shape index (κ1) is 5.88. The van der Waals surface area contributed by atoms with Crippen LogP contribution in [0.2, 0.25) is 0 Å². The van der Waals surface area contributed by atoms with Gasteiger partial charge in [0.25, 0.3) is 0 Å². The maximum Gasteiger partial charge on any atom is 0.133 e. The van der Waals surface area contributed by atoms with Gasteiger partial charge < -0.3 is 0 Å². The molecule has 3 heteroatoms. The lowest BCUT2D eigenvalue weighted by Gasteiger charge is -1.87. The van der Waals surface area contributed by atoms with Crippen molar-refractivity contribution < 1.29 is 10.2 Å². The molecule has 0 aliphatic rings. The van der Waals surface area contributed by atoms with Crippen molar-refractivity contribution in [1.82, 2.24) is 5.32 Å². The minimum absolute atomic E-state index is 0.206. The minimum atomic E-state index is -0.345. The fourth-order valence-electron chi connectivity index (χ4n) is 0.144. The van der Waals surface area contributed by atoms with Crippen molar-refractivity contribution in [2.45, 2.75) is 0 Å². The quantitative estimate of drug-likeness (QED) is 0.364. The topological polar surface area (TPSA) is 51.8 Å². The lowest BCUT2D eigenvalue weighted by atomic mass is 10.7. The van der Waals surface area contributed by atoms with Crippen molar-refractivity contribution in [3.05, 3.63) is 0 Å². The van der Waals surface area contributed by atoms with E-state index in [0.29, 0.717) is 6.54 Å². The van der Waals surface area contributed by atoms with Gasteiger partial charge in [-0.25, -0.2) is 10.2 Å². The Kier molecular flexibility index (Phi) is 4.78. The molecule has 0 bridgehead atoms. The maximum absolute atomic E-state index is 9.49. The van der Waals surface area contributed by atoms with Crippen molar-refractivity contribution in [3.8, 4) is 0 Å². The summed E-state index contributed by atoms with van der Waals surface area (Å²) in [5.74, 6) is 0. The Labute approximate surface area is 36.6 Å². The predicted octanol–water partition coefficient (Wildman–Crippen LogP) is -0.605. The number of hydrogen-bond donors (Lipinski definition) is 1. The smallest absolute Gasteiger partial charge is 0.133 e. The summed E-state index contributed by atoms with van der Waals surface area (Å²) in [7, 11) is 0. The van der Waals surface area contributed by atoms with Crippen molar-refractivity contribution in [2.75, 3.05) is 19.9 Å². The molecular weight excluding hydrogens is 82.0 g/mol. The first-order chi connectivity index (χ1) is 2.91. The average Bonchev–Trinajstić information content (AvgIpc) is 1.61. The van der Waals surface area contributed by atoms with Crippen LogP contribution in [0.5, 0.6) is 0 Å². The number of rotatable bonds is 3. The molecule has 0 heterocycles. The Hall–Kier alpha value is -0.120. The van der Waals surface area contributed by atoms with Gasteiger partial charge in [-0.2, -0.15) is 0 Å². The standard InChI is InChI=1S/C3H7NO2/c5-2-1-4-3-6/h4H,1-3H2. The second-order valence-corrected chi connectivity index (χ2v) is 0.848. The van der Waals surface area contributed by atoms with Gasteiger partial charge in [-0.15, -0.1) is 0 Å². The largest absolute Gasteiger partial charge is 0.290 e. The van der Waals surface area contributed by atoms with Crippen LogP contribution in [0.1, 0.15) is 0 Å². The Morgan fingerprint density at radius 3 is 2.17 bits per heavy atom. The molecule has 0 aromatic carbocycles. The zero-order chi connectivity index (χ0) is 4.83. The van der Waals surface area contributed by atoms with Crippen LogP contribution in [-0.2, 0) is 10.2 Å². The molecule has 0 aliphatic carbocycles. The summed E-state index contributed by atoms with van der Waals surface area (Å²) < 4.78 is 0. The second-order valence-electron chi connectivity index (χ2n) is 0.848. The fraction of sp³-hybridized carbons (Fsp3) is 1.00. The molecule has 1 N–H and O–H groups in total. The fourth-order valence-corrected chi connectivity index (χ4v) is 0.144. The molecule has 6 heavy (non-hydrogen) atoms. The van der Waals surface area contributed by atoms with Crippen LogP contribution < -0.4 is 5.32 Å². The van der Waals surface area contributed by atoms with Gasteiger partial charge in [0.05, 0.1) is 6.61 Å². The summed E-state index contributed by atoms with van der Waals surface area (Å²) in [5, 5.41) is 21.3. The van der Waals surface area contributed by atoms with E-state index in [-0.39, 0.29) is 13.3 Å². The Balaban J connectivity index is 2.34.